The molecule has 0 aliphatic carbocycles. The molecule has 0 aromatic heterocycles. The fourth-order valence-corrected chi connectivity index (χ4v) is 4.59. The molecule has 0 saturated carbocycles. The number of rotatable bonds is 25. The van der Waals surface area contributed by atoms with Crippen molar-refractivity contribution in [2.24, 2.45) is 5.92 Å². The summed E-state index contributed by atoms with van der Waals surface area (Å²) in [7, 11) is 4.45. The van der Waals surface area contributed by atoms with Crippen LogP contribution in [-0.4, -0.2) is 36.6 Å². The fourth-order valence-electron chi connectivity index (χ4n) is 4.59. The number of nitrogens with zero attached hydrogens (tertiary/aromatic N) is 1. The van der Waals surface area contributed by atoms with Crippen molar-refractivity contribution in [3.05, 3.63) is 12.2 Å². The van der Waals surface area contributed by atoms with Crippen LogP contribution in [0.1, 0.15) is 142 Å². The van der Waals surface area contributed by atoms with Crippen LogP contribution in [0.15, 0.2) is 12.2 Å². The Hall–Kier alpha value is -0.830. The molecule has 190 valence electrons. The van der Waals surface area contributed by atoms with Crippen LogP contribution in [0.3, 0.4) is 0 Å². The molecule has 0 aliphatic heterocycles. The maximum Gasteiger partial charge on any atom is 0.303 e. The summed E-state index contributed by atoms with van der Waals surface area (Å²) < 4.78 is 0. The van der Waals surface area contributed by atoms with E-state index < -0.39 is 5.97 Å². The maximum absolute atomic E-state index is 10.4. The second kappa shape index (κ2) is 24.8. The van der Waals surface area contributed by atoms with Gasteiger partial charge in [0.1, 0.15) is 0 Å². The summed E-state index contributed by atoms with van der Waals surface area (Å²) in [6, 6.07) is 0. The van der Waals surface area contributed by atoms with Crippen molar-refractivity contribution in [2.45, 2.75) is 142 Å². The van der Waals surface area contributed by atoms with Gasteiger partial charge in [-0.1, -0.05) is 103 Å². The molecule has 0 aromatic carbocycles. The highest BCUT2D eigenvalue weighted by Gasteiger charge is 2.09. The first-order valence-corrected chi connectivity index (χ1v) is 14.1. The molecule has 32 heavy (non-hydrogen) atoms. The summed E-state index contributed by atoms with van der Waals surface area (Å²) in [5, 5.41) is 8.61. The molecule has 0 heterocycles. The Morgan fingerprint density at radius 3 is 1.59 bits per heavy atom. The van der Waals surface area contributed by atoms with E-state index in [-0.39, 0.29) is 0 Å². The van der Waals surface area contributed by atoms with Gasteiger partial charge in [0.25, 0.3) is 0 Å². The average Bonchev–Trinajstić information content (AvgIpc) is 2.74. The molecule has 0 bridgehead atoms. The smallest absolute Gasteiger partial charge is 0.303 e. The minimum Gasteiger partial charge on any atom is -0.481 e. The predicted molar refractivity (Wildman–Crippen MR) is 141 cm³/mol. The van der Waals surface area contributed by atoms with Gasteiger partial charge in [0.2, 0.25) is 0 Å². The van der Waals surface area contributed by atoms with Gasteiger partial charge in [-0.15, -0.1) is 0 Å². The molecule has 0 aliphatic rings. The van der Waals surface area contributed by atoms with Crippen LogP contribution in [0.2, 0.25) is 0 Å². The first-order chi connectivity index (χ1) is 15.6. The number of unbranched alkanes of at least 4 members (excludes halogenated alkanes) is 15. The van der Waals surface area contributed by atoms with E-state index in [1.165, 1.54) is 122 Å². The van der Waals surface area contributed by atoms with E-state index in [0.29, 0.717) is 6.42 Å². The van der Waals surface area contributed by atoms with Crippen molar-refractivity contribution < 1.29 is 9.90 Å². The summed E-state index contributed by atoms with van der Waals surface area (Å²) >= 11 is 0. The van der Waals surface area contributed by atoms with E-state index in [0.717, 1.165) is 18.8 Å². The molecule has 1 atom stereocenters. The molecule has 0 saturated heterocycles. The SMILES string of the molecule is CCCCCCCC(CCCCCCCCC=CCCCCCCCC(=O)O)CN(C)C. The van der Waals surface area contributed by atoms with E-state index in [9.17, 15) is 4.79 Å². The molecular formula is C29H57NO2. The highest BCUT2D eigenvalue weighted by atomic mass is 16.4. The van der Waals surface area contributed by atoms with Gasteiger partial charge >= 0.3 is 5.97 Å². The lowest BCUT2D eigenvalue weighted by Crippen LogP contribution is -2.21. The Morgan fingerprint density at radius 2 is 1.12 bits per heavy atom. The first-order valence-electron chi connectivity index (χ1n) is 14.1. The molecule has 0 aromatic rings. The van der Waals surface area contributed by atoms with Crippen molar-refractivity contribution in [3.63, 3.8) is 0 Å². The predicted octanol–water partition coefficient (Wildman–Crippen LogP) is 9.02. The standard InChI is InChI=1S/C29H57NO2/c1-4-5-6-18-21-24-28(27-30(2)3)25-22-19-16-14-12-10-8-7-9-11-13-15-17-20-23-26-29(31)32/h7,9,28H,4-6,8,10-27H2,1-3H3,(H,31,32). The van der Waals surface area contributed by atoms with E-state index in [1.807, 2.05) is 0 Å². The summed E-state index contributed by atoms with van der Waals surface area (Å²) in [4.78, 5) is 12.8. The lowest BCUT2D eigenvalue weighted by atomic mass is 9.93. The Labute approximate surface area is 201 Å². The van der Waals surface area contributed by atoms with Crippen molar-refractivity contribution in [2.75, 3.05) is 20.6 Å². The normalized spacial score (nSPS) is 12.8. The number of carboxylic acid groups (broad SMARTS) is 1. The van der Waals surface area contributed by atoms with Crippen LogP contribution in [0, 0.1) is 5.92 Å². The monoisotopic (exact) mass is 451 g/mol. The van der Waals surface area contributed by atoms with Crippen LogP contribution in [0.5, 0.6) is 0 Å². The number of hydrogen-bond donors (Lipinski definition) is 1. The van der Waals surface area contributed by atoms with E-state index in [2.05, 4.69) is 38.1 Å². The third-order valence-corrected chi connectivity index (χ3v) is 6.50. The molecule has 3 nitrogen and oxygen atoms in total. The molecule has 1 unspecified atom stereocenters. The van der Waals surface area contributed by atoms with E-state index in [4.69, 9.17) is 5.11 Å². The summed E-state index contributed by atoms with van der Waals surface area (Å²) in [5.41, 5.74) is 0. The van der Waals surface area contributed by atoms with Crippen molar-refractivity contribution in [1.82, 2.24) is 4.90 Å². The quantitative estimate of drug-likeness (QED) is 0.111. The second-order valence-corrected chi connectivity index (χ2v) is 10.2. The molecule has 0 rings (SSSR count). The summed E-state index contributed by atoms with van der Waals surface area (Å²) in [6.07, 6.45) is 31.3. The third kappa shape index (κ3) is 25.4. The largest absolute Gasteiger partial charge is 0.481 e. The zero-order chi connectivity index (χ0) is 23.7. The minimum atomic E-state index is -0.662. The van der Waals surface area contributed by atoms with E-state index in [1.54, 1.807) is 0 Å². The first kappa shape index (κ1) is 31.2. The third-order valence-electron chi connectivity index (χ3n) is 6.50. The van der Waals surface area contributed by atoms with Gasteiger partial charge in [0.05, 0.1) is 0 Å². The van der Waals surface area contributed by atoms with Crippen molar-refractivity contribution in [3.8, 4) is 0 Å². The minimum absolute atomic E-state index is 0.329. The average molecular weight is 452 g/mol. The molecule has 0 radical (unpaired) electrons. The summed E-state index contributed by atoms with van der Waals surface area (Å²) in [6.45, 7) is 3.57. The Balaban J connectivity index is 3.47. The number of allylic oxidation sites excluding steroid dienone is 2. The Bertz CT molecular complexity index is 419. The van der Waals surface area contributed by atoms with Gasteiger partial charge in [-0.2, -0.15) is 0 Å². The van der Waals surface area contributed by atoms with Gasteiger partial charge in [-0.3, -0.25) is 4.79 Å². The lowest BCUT2D eigenvalue weighted by Gasteiger charge is -2.21. The van der Waals surface area contributed by atoms with Gasteiger partial charge in [-0.05, 0) is 65.0 Å². The van der Waals surface area contributed by atoms with Gasteiger partial charge < -0.3 is 10.0 Å². The topological polar surface area (TPSA) is 40.5 Å². The van der Waals surface area contributed by atoms with Gasteiger partial charge in [0, 0.05) is 13.0 Å². The molecule has 3 heteroatoms. The van der Waals surface area contributed by atoms with Crippen LogP contribution >= 0.6 is 0 Å². The number of carboxylic acids is 1. The number of aliphatic carboxylic acids is 1. The van der Waals surface area contributed by atoms with Crippen LogP contribution in [0.4, 0.5) is 0 Å². The number of carbonyl (C=O) groups is 1. The zero-order valence-corrected chi connectivity index (χ0v) is 22.1. The molecular weight excluding hydrogens is 394 g/mol. The highest BCUT2D eigenvalue weighted by Crippen LogP contribution is 2.20. The van der Waals surface area contributed by atoms with Crippen molar-refractivity contribution in [1.29, 1.82) is 0 Å². The molecule has 0 amide bonds. The van der Waals surface area contributed by atoms with Gasteiger partial charge in [-0.25, -0.2) is 0 Å². The summed E-state index contributed by atoms with van der Waals surface area (Å²) in [5.74, 6) is 0.242. The maximum atomic E-state index is 10.4. The lowest BCUT2D eigenvalue weighted by molar-refractivity contribution is -0.137. The highest BCUT2D eigenvalue weighted by molar-refractivity contribution is 5.66. The van der Waals surface area contributed by atoms with Crippen molar-refractivity contribution >= 4 is 5.97 Å². The van der Waals surface area contributed by atoms with Crippen LogP contribution < -0.4 is 0 Å². The molecule has 0 fully saturated rings. The zero-order valence-electron chi connectivity index (χ0n) is 22.1. The van der Waals surface area contributed by atoms with Gasteiger partial charge in [0.15, 0.2) is 0 Å². The molecule has 1 N–H and O–H groups in total. The molecule has 0 spiro atoms. The number of hydrogen-bond acceptors (Lipinski definition) is 2. The fraction of sp³-hybridized carbons (Fsp3) is 0.897. The van der Waals surface area contributed by atoms with Crippen LogP contribution in [0.25, 0.3) is 0 Å². The Kier molecular flexibility index (Phi) is 24.2. The van der Waals surface area contributed by atoms with Crippen LogP contribution in [-0.2, 0) is 4.79 Å². The second-order valence-electron chi connectivity index (χ2n) is 10.2. The Morgan fingerprint density at radius 1 is 0.688 bits per heavy atom. The van der Waals surface area contributed by atoms with E-state index >= 15 is 0 Å².